The van der Waals surface area contributed by atoms with E-state index in [4.69, 9.17) is 11.6 Å². The van der Waals surface area contributed by atoms with E-state index in [-0.39, 0.29) is 15.0 Å². The minimum absolute atomic E-state index is 0.131. The van der Waals surface area contributed by atoms with Gasteiger partial charge in [0.05, 0.1) is 9.77 Å². The Morgan fingerprint density at radius 3 is 2.48 bits per heavy atom. The number of halogens is 1. The molecule has 2 aromatic carbocycles. The maximum atomic E-state index is 12.6. The standard InChI is InChI=1S/C18H14ClNO3S2/c1-12-7-8-13(19)11-15(12)20-18(21)16-9-10-17(24-16)25(22,23)14-5-3-2-4-6-14/h2-11H,1H3,(H,20,21). The Balaban J connectivity index is 1.86. The highest BCUT2D eigenvalue weighted by atomic mass is 35.5. The minimum Gasteiger partial charge on any atom is -0.321 e. The lowest BCUT2D eigenvalue weighted by molar-refractivity contribution is 0.103. The van der Waals surface area contributed by atoms with Crippen molar-refractivity contribution >= 4 is 44.4 Å². The lowest BCUT2D eigenvalue weighted by atomic mass is 10.2. The summed E-state index contributed by atoms with van der Waals surface area (Å²) in [6.45, 7) is 1.85. The fourth-order valence-electron chi connectivity index (χ4n) is 2.22. The molecule has 0 atom stereocenters. The molecule has 1 amide bonds. The molecule has 0 aliphatic rings. The summed E-state index contributed by atoms with van der Waals surface area (Å²) >= 11 is 6.89. The Kier molecular flexibility index (Phi) is 4.94. The van der Waals surface area contributed by atoms with Gasteiger partial charge in [-0.15, -0.1) is 11.3 Å². The van der Waals surface area contributed by atoms with Gasteiger partial charge in [0, 0.05) is 10.7 Å². The molecule has 3 rings (SSSR count). The van der Waals surface area contributed by atoms with Gasteiger partial charge >= 0.3 is 0 Å². The number of sulfone groups is 1. The lowest BCUT2D eigenvalue weighted by Crippen LogP contribution is -2.11. The molecule has 0 aliphatic heterocycles. The maximum absolute atomic E-state index is 12.6. The Morgan fingerprint density at radius 2 is 1.76 bits per heavy atom. The van der Waals surface area contributed by atoms with Crippen LogP contribution in [-0.2, 0) is 9.84 Å². The minimum atomic E-state index is -3.62. The molecule has 1 aromatic heterocycles. The predicted molar refractivity (Wildman–Crippen MR) is 100 cm³/mol. The molecule has 128 valence electrons. The summed E-state index contributed by atoms with van der Waals surface area (Å²) < 4.78 is 25.3. The third-order valence-electron chi connectivity index (χ3n) is 3.57. The van der Waals surface area contributed by atoms with Gasteiger partial charge in [-0.3, -0.25) is 4.79 Å². The molecule has 0 fully saturated rings. The second-order valence-electron chi connectivity index (χ2n) is 5.35. The quantitative estimate of drug-likeness (QED) is 0.695. The maximum Gasteiger partial charge on any atom is 0.265 e. The summed E-state index contributed by atoms with van der Waals surface area (Å²) in [5.41, 5.74) is 1.46. The van der Waals surface area contributed by atoms with Crippen molar-refractivity contribution in [3.63, 3.8) is 0 Å². The lowest BCUT2D eigenvalue weighted by Gasteiger charge is -2.07. The van der Waals surface area contributed by atoms with Crippen LogP contribution in [0.4, 0.5) is 5.69 Å². The van der Waals surface area contributed by atoms with Gasteiger partial charge in [0.2, 0.25) is 9.84 Å². The first-order valence-electron chi connectivity index (χ1n) is 7.35. The zero-order valence-electron chi connectivity index (χ0n) is 13.2. The molecule has 0 radical (unpaired) electrons. The number of thiophene rings is 1. The fourth-order valence-corrected chi connectivity index (χ4v) is 5.01. The number of rotatable bonds is 4. The first-order valence-corrected chi connectivity index (χ1v) is 10.0. The Labute approximate surface area is 155 Å². The molecule has 0 saturated heterocycles. The molecule has 0 saturated carbocycles. The zero-order valence-corrected chi connectivity index (χ0v) is 15.6. The average Bonchev–Trinajstić information content (AvgIpc) is 3.10. The summed E-state index contributed by atoms with van der Waals surface area (Å²) in [5.74, 6) is -0.370. The van der Waals surface area contributed by atoms with E-state index in [0.717, 1.165) is 16.9 Å². The van der Waals surface area contributed by atoms with E-state index in [2.05, 4.69) is 5.32 Å². The van der Waals surface area contributed by atoms with E-state index in [9.17, 15) is 13.2 Å². The summed E-state index contributed by atoms with van der Waals surface area (Å²) in [7, 11) is -3.62. The monoisotopic (exact) mass is 391 g/mol. The van der Waals surface area contributed by atoms with E-state index in [1.54, 1.807) is 36.4 Å². The summed E-state index contributed by atoms with van der Waals surface area (Å²) in [5, 5.41) is 3.28. The third-order valence-corrected chi connectivity index (χ3v) is 7.15. The first-order chi connectivity index (χ1) is 11.9. The number of carbonyl (C=O) groups is 1. The average molecular weight is 392 g/mol. The second-order valence-corrected chi connectivity index (χ2v) is 9.05. The van der Waals surface area contributed by atoms with Gasteiger partial charge in [0.25, 0.3) is 5.91 Å². The topological polar surface area (TPSA) is 63.2 Å². The zero-order chi connectivity index (χ0) is 18.0. The summed E-state index contributed by atoms with van der Waals surface area (Å²) in [6, 6.07) is 16.3. The van der Waals surface area contributed by atoms with Crippen LogP contribution < -0.4 is 5.32 Å². The predicted octanol–water partition coefficient (Wildman–Crippen LogP) is 4.80. The Morgan fingerprint density at radius 1 is 1.04 bits per heavy atom. The van der Waals surface area contributed by atoms with Gasteiger partial charge in [0.15, 0.2) is 0 Å². The van der Waals surface area contributed by atoms with Crippen molar-refractivity contribution in [3.8, 4) is 0 Å². The van der Waals surface area contributed by atoms with Gasteiger partial charge in [-0.1, -0.05) is 35.9 Å². The van der Waals surface area contributed by atoms with Gasteiger partial charge in [0.1, 0.15) is 4.21 Å². The molecule has 7 heteroatoms. The number of amides is 1. The molecule has 3 aromatic rings. The van der Waals surface area contributed by atoms with E-state index >= 15 is 0 Å². The van der Waals surface area contributed by atoms with E-state index in [1.807, 2.05) is 6.92 Å². The SMILES string of the molecule is Cc1ccc(Cl)cc1NC(=O)c1ccc(S(=O)(=O)c2ccccc2)s1. The highest BCUT2D eigenvalue weighted by Crippen LogP contribution is 2.29. The van der Waals surface area contributed by atoms with Gasteiger partial charge in [-0.05, 0) is 48.9 Å². The number of carbonyl (C=O) groups excluding carboxylic acids is 1. The third kappa shape index (κ3) is 3.76. The molecule has 0 unspecified atom stereocenters. The van der Waals surface area contributed by atoms with Crippen molar-refractivity contribution < 1.29 is 13.2 Å². The molecule has 1 N–H and O–H groups in total. The number of hydrogen-bond donors (Lipinski definition) is 1. The van der Waals surface area contributed by atoms with Crippen molar-refractivity contribution in [1.29, 1.82) is 0 Å². The van der Waals surface area contributed by atoms with Gasteiger partial charge in [-0.2, -0.15) is 0 Å². The fraction of sp³-hybridized carbons (Fsp3) is 0.0556. The molecule has 0 bridgehead atoms. The van der Waals surface area contributed by atoms with Gasteiger partial charge < -0.3 is 5.32 Å². The van der Waals surface area contributed by atoms with Crippen LogP contribution in [0.3, 0.4) is 0 Å². The molecular formula is C18H14ClNO3S2. The number of benzene rings is 2. The van der Waals surface area contributed by atoms with Crippen LogP contribution in [-0.4, -0.2) is 14.3 Å². The van der Waals surface area contributed by atoms with Crippen LogP contribution in [0.5, 0.6) is 0 Å². The van der Waals surface area contributed by atoms with Crippen LogP contribution >= 0.6 is 22.9 Å². The molecule has 25 heavy (non-hydrogen) atoms. The first kappa shape index (κ1) is 17.7. The second kappa shape index (κ2) is 7.00. The van der Waals surface area contributed by atoms with Crippen LogP contribution in [0.1, 0.15) is 15.2 Å². The van der Waals surface area contributed by atoms with E-state index in [1.165, 1.54) is 24.3 Å². The number of hydrogen-bond acceptors (Lipinski definition) is 4. The Bertz CT molecular complexity index is 1030. The molecule has 0 spiro atoms. The highest BCUT2D eigenvalue weighted by molar-refractivity contribution is 7.93. The highest BCUT2D eigenvalue weighted by Gasteiger charge is 2.21. The van der Waals surface area contributed by atoms with Crippen molar-refractivity contribution in [2.75, 3.05) is 5.32 Å². The molecule has 0 aliphatic carbocycles. The summed E-state index contributed by atoms with van der Waals surface area (Å²) in [6.07, 6.45) is 0. The largest absolute Gasteiger partial charge is 0.321 e. The van der Waals surface area contributed by atoms with Crippen LogP contribution in [0.15, 0.2) is 69.8 Å². The van der Waals surface area contributed by atoms with Crippen molar-refractivity contribution in [1.82, 2.24) is 0 Å². The van der Waals surface area contributed by atoms with Crippen LogP contribution in [0.2, 0.25) is 5.02 Å². The normalized spacial score (nSPS) is 11.3. The van der Waals surface area contributed by atoms with Crippen LogP contribution in [0, 0.1) is 6.92 Å². The summed E-state index contributed by atoms with van der Waals surface area (Å²) in [4.78, 5) is 12.9. The van der Waals surface area contributed by atoms with E-state index < -0.39 is 9.84 Å². The molecule has 1 heterocycles. The van der Waals surface area contributed by atoms with E-state index in [0.29, 0.717) is 15.6 Å². The van der Waals surface area contributed by atoms with Crippen molar-refractivity contribution in [2.24, 2.45) is 0 Å². The molecule has 4 nitrogen and oxygen atoms in total. The van der Waals surface area contributed by atoms with Crippen LogP contribution in [0.25, 0.3) is 0 Å². The van der Waals surface area contributed by atoms with Crippen molar-refractivity contribution in [3.05, 3.63) is 76.1 Å². The van der Waals surface area contributed by atoms with Gasteiger partial charge in [-0.25, -0.2) is 8.42 Å². The van der Waals surface area contributed by atoms with Crippen molar-refractivity contribution in [2.45, 2.75) is 16.0 Å². The number of nitrogens with one attached hydrogen (secondary N) is 1. The smallest absolute Gasteiger partial charge is 0.265 e. The number of aryl methyl sites for hydroxylation is 1. The molecular weight excluding hydrogens is 378 g/mol. The Hall–Kier alpha value is -2.15. The number of anilines is 1.